The van der Waals surface area contributed by atoms with E-state index in [2.05, 4.69) is 0 Å². The van der Waals surface area contributed by atoms with Crippen LogP contribution in [0.4, 0.5) is 0 Å². The van der Waals surface area contributed by atoms with Gasteiger partial charge in [-0.2, -0.15) is 4.98 Å². The van der Waals surface area contributed by atoms with Crippen LogP contribution in [0, 0.1) is 5.41 Å². The maximum atomic E-state index is 14.4. The monoisotopic (exact) mass is 524 g/mol. The van der Waals surface area contributed by atoms with Crippen molar-refractivity contribution in [2.75, 3.05) is 0 Å². The van der Waals surface area contributed by atoms with E-state index in [9.17, 15) is 9.59 Å². The third-order valence-corrected chi connectivity index (χ3v) is 7.15. The molecule has 0 radical (unpaired) electrons. The Balaban J connectivity index is 1.62. The van der Waals surface area contributed by atoms with Gasteiger partial charge in [0.05, 0.1) is 17.2 Å². The molecule has 6 nitrogen and oxygen atoms in total. The van der Waals surface area contributed by atoms with Crippen molar-refractivity contribution < 1.29 is 14.3 Å². The summed E-state index contributed by atoms with van der Waals surface area (Å²) in [6.07, 6.45) is 0.940. The lowest BCUT2D eigenvalue weighted by Crippen LogP contribution is -2.37. The van der Waals surface area contributed by atoms with Crippen molar-refractivity contribution in [1.29, 1.82) is 0 Å². The number of halogens is 1. The molecule has 0 fully saturated rings. The first-order valence-corrected chi connectivity index (χ1v) is 12.8. The van der Waals surface area contributed by atoms with Gasteiger partial charge in [-0.15, -0.1) is 0 Å². The molecule has 0 N–H and O–H groups in total. The SMILES string of the molecule is CC1(C)CC(=O)C2=C(C1)Oc1nc(Oc3ccccc3)n(-c3ccc(Cl)cc3)c(=O)c1C2c1ccccc1. The fraction of sp³-hybridized carbons (Fsp3) is 0.194. The summed E-state index contributed by atoms with van der Waals surface area (Å²) in [5, 5.41) is 0.536. The maximum absolute atomic E-state index is 14.4. The van der Waals surface area contributed by atoms with Gasteiger partial charge in [0.2, 0.25) is 5.88 Å². The highest BCUT2D eigenvalue weighted by atomic mass is 35.5. The molecule has 0 amide bonds. The molecule has 2 aliphatic rings. The van der Waals surface area contributed by atoms with Crippen LogP contribution in [-0.4, -0.2) is 15.3 Å². The Kier molecular flexibility index (Phi) is 5.92. The van der Waals surface area contributed by atoms with E-state index in [0.717, 1.165) is 5.56 Å². The third kappa shape index (κ3) is 4.31. The van der Waals surface area contributed by atoms with Crippen molar-refractivity contribution >= 4 is 17.4 Å². The van der Waals surface area contributed by atoms with Crippen molar-refractivity contribution in [2.45, 2.75) is 32.6 Å². The van der Waals surface area contributed by atoms with Gasteiger partial charge in [-0.25, -0.2) is 4.57 Å². The van der Waals surface area contributed by atoms with Crippen LogP contribution in [0.5, 0.6) is 17.6 Å². The number of nitrogens with zero attached hydrogens (tertiary/aromatic N) is 2. The molecule has 6 rings (SSSR count). The second kappa shape index (κ2) is 9.30. The molecule has 1 unspecified atom stereocenters. The molecule has 0 saturated heterocycles. The van der Waals surface area contributed by atoms with E-state index in [1.165, 1.54) is 4.57 Å². The first-order valence-electron chi connectivity index (χ1n) is 12.5. The lowest BCUT2D eigenvalue weighted by molar-refractivity contribution is -0.118. The number of carbonyl (C=O) groups excluding carboxylic acids is 1. The summed E-state index contributed by atoms with van der Waals surface area (Å²) in [7, 11) is 0. The summed E-state index contributed by atoms with van der Waals surface area (Å²) in [5.41, 5.74) is 1.55. The number of rotatable bonds is 4. The van der Waals surface area contributed by atoms with Crippen molar-refractivity contribution in [1.82, 2.24) is 9.55 Å². The third-order valence-electron chi connectivity index (χ3n) is 6.90. The number of ketones is 1. The van der Waals surface area contributed by atoms with Crippen LogP contribution in [-0.2, 0) is 4.79 Å². The van der Waals surface area contributed by atoms with Gasteiger partial charge in [-0.3, -0.25) is 9.59 Å². The molecule has 1 atom stereocenters. The fourth-order valence-electron chi connectivity index (χ4n) is 5.23. The minimum Gasteiger partial charge on any atom is -0.442 e. The summed E-state index contributed by atoms with van der Waals surface area (Å²) in [5.74, 6) is 0.616. The Hall–Kier alpha value is -4.16. The van der Waals surface area contributed by atoms with Crippen LogP contribution < -0.4 is 15.0 Å². The van der Waals surface area contributed by atoms with Gasteiger partial charge in [0.1, 0.15) is 11.5 Å². The van der Waals surface area contributed by atoms with Gasteiger partial charge in [0.15, 0.2) is 5.78 Å². The number of carbonyl (C=O) groups is 1. The van der Waals surface area contributed by atoms with Gasteiger partial charge in [-0.05, 0) is 47.4 Å². The predicted octanol–water partition coefficient (Wildman–Crippen LogP) is 6.85. The highest BCUT2D eigenvalue weighted by molar-refractivity contribution is 6.30. The van der Waals surface area contributed by atoms with Gasteiger partial charge < -0.3 is 9.47 Å². The Morgan fingerprint density at radius 1 is 0.921 bits per heavy atom. The molecule has 0 bridgehead atoms. The molecule has 1 aromatic heterocycles. The average molecular weight is 525 g/mol. The van der Waals surface area contributed by atoms with Crippen LogP contribution in [0.25, 0.3) is 5.69 Å². The first-order chi connectivity index (χ1) is 18.3. The standard InChI is InChI=1S/C31H25ClN2O4/c1-31(2)17-23(35)26-24(18-31)38-28-27(25(26)19-9-5-3-6-10-19)29(36)34(21-15-13-20(32)14-16-21)30(33-28)37-22-11-7-4-8-12-22/h3-16,25H,17-18H2,1-2H3. The zero-order valence-corrected chi connectivity index (χ0v) is 21.7. The summed E-state index contributed by atoms with van der Waals surface area (Å²) in [4.78, 5) is 32.7. The molecule has 0 spiro atoms. The predicted molar refractivity (Wildman–Crippen MR) is 145 cm³/mol. The number of benzene rings is 3. The normalized spacial score (nSPS) is 17.9. The molecule has 38 heavy (non-hydrogen) atoms. The molecule has 4 aromatic rings. The zero-order chi connectivity index (χ0) is 26.4. The number of para-hydroxylation sites is 1. The van der Waals surface area contributed by atoms with Crippen LogP contribution in [0.3, 0.4) is 0 Å². The number of hydrogen-bond donors (Lipinski definition) is 0. The van der Waals surface area contributed by atoms with Crippen molar-refractivity contribution in [2.24, 2.45) is 5.41 Å². The Morgan fingerprint density at radius 3 is 2.26 bits per heavy atom. The van der Waals surface area contributed by atoms with Crippen LogP contribution in [0.1, 0.15) is 43.7 Å². The van der Waals surface area contributed by atoms with Crippen LogP contribution in [0.15, 0.2) is 101 Å². The van der Waals surface area contributed by atoms with E-state index in [4.69, 9.17) is 26.1 Å². The molecular weight excluding hydrogens is 500 g/mol. The van der Waals surface area contributed by atoms with Gasteiger partial charge in [0.25, 0.3) is 5.56 Å². The number of hydrogen-bond acceptors (Lipinski definition) is 5. The second-order valence-corrected chi connectivity index (χ2v) is 10.8. The molecule has 0 saturated carbocycles. The highest BCUT2D eigenvalue weighted by Gasteiger charge is 2.44. The lowest BCUT2D eigenvalue weighted by Gasteiger charge is -2.37. The average Bonchev–Trinajstić information content (AvgIpc) is 2.89. The van der Waals surface area contributed by atoms with Crippen LogP contribution in [0.2, 0.25) is 5.02 Å². The summed E-state index contributed by atoms with van der Waals surface area (Å²) in [6, 6.07) is 25.6. The minimum atomic E-state index is -0.608. The zero-order valence-electron chi connectivity index (χ0n) is 21.0. The van der Waals surface area contributed by atoms with E-state index in [1.54, 1.807) is 36.4 Å². The second-order valence-electron chi connectivity index (χ2n) is 10.4. The number of allylic oxidation sites excluding steroid dienone is 2. The quantitative estimate of drug-likeness (QED) is 0.292. The summed E-state index contributed by atoms with van der Waals surface area (Å²) < 4.78 is 13.8. The van der Waals surface area contributed by atoms with E-state index in [1.807, 2.05) is 62.4 Å². The summed E-state index contributed by atoms with van der Waals surface area (Å²) >= 11 is 6.14. The Bertz CT molecular complexity index is 1620. The fourth-order valence-corrected chi connectivity index (χ4v) is 5.36. The topological polar surface area (TPSA) is 70.4 Å². The number of ether oxygens (including phenoxy) is 2. The van der Waals surface area contributed by atoms with Crippen molar-refractivity contribution in [3.05, 3.63) is 123 Å². The highest BCUT2D eigenvalue weighted by Crippen LogP contribution is 2.49. The molecule has 190 valence electrons. The summed E-state index contributed by atoms with van der Waals surface area (Å²) in [6.45, 7) is 4.09. The lowest BCUT2D eigenvalue weighted by atomic mass is 9.70. The molecule has 7 heteroatoms. The smallest absolute Gasteiger partial charge is 0.312 e. The van der Waals surface area contributed by atoms with Crippen LogP contribution >= 0.6 is 11.6 Å². The minimum absolute atomic E-state index is 0.0159. The van der Waals surface area contributed by atoms with Crippen molar-refractivity contribution in [3.63, 3.8) is 0 Å². The number of Topliss-reactive ketones (excluding diaryl/α,β-unsaturated/α-hetero) is 1. The van der Waals surface area contributed by atoms with E-state index in [0.29, 0.717) is 46.2 Å². The van der Waals surface area contributed by atoms with Gasteiger partial charge in [-0.1, -0.05) is 74.0 Å². The Labute approximate surface area is 225 Å². The first kappa shape index (κ1) is 24.2. The van der Waals surface area contributed by atoms with E-state index in [-0.39, 0.29) is 28.6 Å². The van der Waals surface area contributed by atoms with E-state index < -0.39 is 5.92 Å². The maximum Gasteiger partial charge on any atom is 0.312 e. The largest absolute Gasteiger partial charge is 0.442 e. The van der Waals surface area contributed by atoms with E-state index >= 15 is 0 Å². The van der Waals surface area contributed by atoms with Gasteiger partial charge >= 0.3 is 6.01 Å². The molecule has 1 aliphatic carbocycles. The van der Waals surface area contributed by atoms with Crippen molar-refractivity contribution in [3.8, 4) is 23.3 Å². The van der Waals surface area contributed by atoms with Gasteiger partial charge in [0, 0.05) is 23.4 Å². The molecule has 2 heterocycles. The number of fused-ring (bicyclic) bond motifs is 1. The molecule has 1 aliphatic heterocycles. The molecule has 3 aromatic carbocycles. The number of aromatic nitrogens is 2. The Morgan fingerprint density at radius 2 is 1.58 bits per heavy atom. The molecular formula is C31H25ClN2O4.